The minimum absolute atomic E-state index is 0.563. The van der Waals surface area contributed by atoms with Crippen molar-refractivity contribution < 1.29 is 0 Å². The van der Waals surface area contributed by atoms with Gasteiger partial charge in [-0.3, -0.25) is 4.99 Å². The zero-order valence-corrected chi connectivity index (χ0v) is 11.7. The number of halogens is 1. The Labute approximate surface area is 118 Å². The summed E-state index contributed by atoms with van der Waals surface area (Å²) in [5.41, 5.74) is 9.28. The Hall–Kier alpha value is -1.74. The van der Waals surface area contributed by atoms with Crippen LogP contribution in [-0.2, 0) is 0 Å². The lowest BCUT2D eigenvalue weighted by Crippen LogP contribution is -1.95. The van der Waals surface area contributed by atoms with Crippen LogP contribution in [0, 0.1) is 5.92 Å². The van der Waals surface area contributed by atoms with Gasteiger partial charge in [0.2, 0.25) is 0 Å². The van der Waals surface area contributed by atoms with Crippen molar-refractivity contribution in [3.05, 3.63) is 41.1 Å². The van der Waals surface area contributed by atoms with Crippen molar-refractivity contribution >= 4 is 35.3 Å². The third kappa shape index (κ3) is 2.99. The first-order valence-electron chi connectivity index (χ1n) is 6.29. The SMILES string of the molecule is C=Cc1ccc(Cl)c(N=C/C(=C\N)C2CC2)c1NC. The number of nitrogens with zero attached hydrogens (tertiary/aromatic N) is 1. The van der Waals surface area contributed by atoms with Crippen molar-refractivity contribution in [2.45, 2.75) is 12.8 Å². The quantitative estimate of drug-likeness (QED) is 0.799. The zero-order chi connectivity index (χ0) is 13.8. The molecular formula is C15H18ClN3. The Balaban J connectivity index is 2.37. The summed E-state index contributed by atoms with van der Waals surface area (Å²) in [6.45, 7) is 3.79. The molecule has 100 valence electrons. The van der Waals surface area contributed by atoms with Crippen LogP contribution in [0.15, 0.2) is 35.5 Å². The fourth-order valence-corrected chi connectivity index (χ4v) is 2.19. The molecule has 1 aromatic carbocycles. The standard InChI is InChI=1S/C15H18ClN3/c1-3-10-6-7-13(16)15(14(10)18-2)19-9-12(8-17)11-4-5-11/h3,6-9,11,18H,1,4-5,17H2,2H3/b12-8+,19-9?. The Morgan fingerprint density at radius 3 is 2.79 bits per heavy atom. The molecule has 0 aliphatic heterocycles. The van der Waals surface area contributed by atoms with Crippen LogP contribution in [0.4, 0.5) is 11.4 Å². The lowest BCUT2D eigenvalue weighted by molar-refractivity contribution is 1.07. The first kappa shape index (κ1) is 13.7. The lowest BCUT2D eigenvalue weighted by Gasteiger charge is -2.10. The van der Waals surface area contributed by atoms with Crippen LogP contribution in [0.3, 0.4) is 0 Å². The summed E-state index contributed by atoms with van der Waals surface area (Å²) in [5, 5.41) is 3.73. The van der Waals surface area contributed by atoms with Crippen LogP contribution >= 0.6 is 11.6 Å². The number of anilines is 1. The maximum absolute atomic E-state index is 6.22. The highest BCUT2D eigenvalue weighted by molar-refractivity contribution is 6.34. The summed E-state index contributed by atoms with van der Waals surface area (Å²) in [6.07, 6.45) is 7.60. The van der Waals surface area contributed by atoms with Crippen molar-refractivity contribution in [3.8, 4) is 0 Å². The van der Waals surface area contributed by atoms with Gasteiger partial charge in [-0.15, -0.1) is 0 Å². The number of hydrogen-bond acceptors (Lipinski definition) is 3. The van der Waals surface area contributed by atoms with Gasteiger partial charge < -0.3 is 11.1 Å². The first-order valence-corrected chi connectivity index (χ1v) is 6.67. The molecule has 0 bridgehead atoms. The van der Waals surface area contributed by atoms with Crippen molar-refractivity contribution in [1.82, 2.24) is 0 Å². The first-order chi connectivity index (χ1) is 9.21. The Morgan fingerprint density at radius 1 is 1.53 bits per heavy atom. The Kier molecular flexibility index (Phi) is 4.27. The van der Waals surface area contributed by atoms with Gasteiger partial charge in [-0.1, -0.05) is 30.3 Å². The van der Waals surface area contributed by atoms with Crippen LogP contribution in [0.2, 0.25) is 5.02 Å². The molecule has 1 saturated carbocycles. The smallest absolute Gasteiger partial charge is 0.105 e. The summed E-state index contributed by atoms with van der Waals surface area (Å²) in [7, 11) is 1.85. The normalized spacial score (nSPS) is 15.8. The van der Waals surface area contributed by atoms with Crippen molar-refractivity contribution in [3.63, 3.8) is 0 Å². The Bertz CT molecular complexity index is 543. The topological polar surface area (TPSA) is 50.4 Å². The maximum Gasteiger partial charge on any atom is 0.105 e. The van der Waals surface area contributed by atoms with E-state index in [9.17, 15) is 0 Å². The van der Waals surface area contributed by atoms with Crippen LogP contribution in [0.25, 0.3) is 6.08 Å². The monoisotopic (exact) mass is 275 g/mol. The number of hydrogen-bond donors (Lipinski definition) is 2. The zero-order valence-electron chi connectivity index (χ0n) is 11.0. The van der Waals surface area contributed by atoms with Crippen LogP contribution in [0.5, 0.6) is 0 Å². The molecule has 1 aromatic rings. The summed E-state index contributed by atoms with van der Waals surface area (Å²) in [6, 6.07) is 3.75. The van der Waals surface area contributed by atoms with Gasteiger partial charge in [-0.25, -0.2) is 0 Å². The summed E-state index contributed by atoms with van der Waals surface area (Å²) in [5.74, 6) is 0.563. The second kappa shape index (κ2) is 5.93. The van der Waals surface area contributed by atoms with E-state index in [2.05, 4.69) is 16.9 Å². The average Bonchev–Trinajstić information content (AvgIpc) is 3.25. The molecule has 1 fully saturated rings. The van der Waals surface area contributed by atoms with Crippen LogP contribution in [0.1, 0.15) is 18.4 Å². The molecule has 0 heterocycles. The van der Waals surface area contributed by atoms with E-state index in [1.807, 2.05) is 25.4 Å². The van der Waals surface area contributed by atoms with Crippen LogP contribution in [-0.4, -0.2) is 13.3 Å². The molecule has 0 unspecified atom stereocenters. The molecule has 19 heavy (non-hydrogen) atoms. The minimum Gasteiger partial charge on any atom is -0.404 e. The number of rotatable bonds is 5. The largest absolute Gasteiger partial charge is 0.404 e. The van der Waals surface area contributed by atoms with E-state index in [-0.39, 0.29) is 0 Å². The molecule has 0 saturated heterocycles. The number of nitrogens with one attached hydrogen (secondary N) is 1. The second-order valence-electron chi connectivity index (χ2n) is 4.51. The number of aliphatic imine (C=N–C) groups is 1. The highest BCUT2D eigenvalue weighted by atomic mass is 35.5. The van der Waals surface area contributed by atoms with Gasteiger partial charge in [-0.05, 0) is 42.2 Å². The molecule has 0 aromatic heterocycles. The van der Waals surface area contributed by atoms with E-state index < -0.39 is 0 Å². The van der Waals surface area contributed by atoms with Gasteiger partial charge >= 0.3 is 0 Å². The van der Waals surface area contributed by atoms with Gasteiger partial charge in [0.05, 0.1) is 10.7 Å². The summed E-state index contributed by atoms with van der Waals surface area (Å²) in [4.78, 5) is 4.50. The summed E-state index contributed by atoms with van der Waals surface area (Å²) >= 11 is 6.22. The predicted octanol–water partition coefficient (Wildman–Crippen LogP) is 3.98. The van der Waals surface area contributed by atoms with Gasteiger partial charge in [0, 0.05) is 13.3 Å². The van der Waals surface area contributed by atoms with E-state index in [1.54, 1.807) is 12.3 Å². The van der Waals surface area contributed by atoms with E-state index in [4.69, 9.17) is 17.3 Å². The number of nitrogens with two attached hydrogens (primary N) is 1. The molecule has 4 heteroatoms. The van der Waals surface area contributed by atoms with Crippen LogP contribution < -0.4 is 11.1 Å². The van der Waals surface area contributed by atoms with E-state index in [0.717, 1.165) is 22.5 Å². The highest BCUT2D eigenvalue weighted by Gasteiger charge is 2.24. The molecule has 1 aliphatic carbocycles. The number of benzene rings is 1. The Morgan fingerprint density at radius 2 is 2.26 bits per heavy atom. The molecule has 0 radical (unpaired) electrons. The molecule has 0 amide bonds. The average molecular weight is 276 g/mol. The molecule has 2 rings (SSSR count). The summed E-state index contributed by atoms with van der Waals surface area (Å²) < 4.78 is 0. The fourth-order valence-electron chi connectivity index (χ4n) is 1.98. The molecule has 0 atom stereocenters. The molecular weight excluding hydrogens is 258 g/mol. The third-order valence-corrected chi connectivity index (χ3v) is 3.52. The van der Waals surface area contributed by atoms with Crippen molar-refractivity contribution in [2.24, 2.45) is 16.6 Å². The van der Waals surface area contributed by atoms with Crippen molar-refractivity contribution in [1.29, 1.82) is 0 Å². The highest BCUT2D eigenvalue weighted by Crippen LogP contribution is 2.38. The van der Waals surface area contributed by atoms with Gasteiger partial charge in [-0.2, -0.15) is 0 Å². The van der Waals surface area contributed by atoms with Gasteiger partial charge in [0.1, 0.15) is 5.69 Å². The van der Waals surface area contributed by atoms with E-state index >= 15 is 0 Å². The van der Waals surface area contributed by atoms with Gasteiger partial charge in [0.15, 0.2) is 0 Å². The van der Waals surface area contributed by atoms with E-state index in [0.29, 0.717) is 10.9 Å². The number of allylic oxidation sites excluding steroid dienone is 1. The third-order valence-electron chi connectivity index (χ3n) is 3.21. The second-order valence-corrected chi connectivity index (χ2v) is 4.92. The predicted molar refractivity (Wildman–Crippen MR) is 84.2 cm³/mol. The molecule has 0 spiro atoms. The van der Waals surface area contributed by atoms with E-state index in [1.165, 1.54) is 12.8 Å². The molecule has 3 nitrogen and oxygen atoms in total. The fraction of sp³-hybridized carbons (Fsp3) is 0.267. The minimum atomic E-state index is 0.563. The van der Waals surface area contributed by atoms with Crippen molar-refractivity contribution in [2.75, 3.05) is 12.4 Å². The maximum atomic E-state index is 6.22. The lowest BCUT2D eigenvalue weighted by atomic mass is 10.1. The van der Waals surface area contributed by atoms with Gasteiger partial charge in [0.25, 0.3) is 0 Å². The molecule has 3 N–H and O–H groups in total. The molecule has 1 aliphatic rings.